The molecule has 0 saturated carbocycles. The van der Waals surface area contributed by atoms with Gasteiger partial charge in [0, 0.05) is 18.7 Å². The van der Waals surface area contributed by atoms with Crippen molar-refractivity contribution < 1.29 is 9.47 Å². The van der Waals surface area contributed by atoms with Crippen LogP contribution in [-0.2, 0) is 0 Å². The smallest absolute Gasteiger partial charge is 0.175 e. The van der Waals surface area contributed by atoms with E-state index in [9.17, 15) is 0 Å². The average molecular weight is 372 g/mol. The molecule has 21 heavy (non-hydrogen) atoms. The van der Waals surface area contributed by atoms with Crippen LogP contribution in [0.2, 0.25) is 0 Å². The molecule has 0 atom stereocenters. The Morgan fingerprint density at radius 1 is 1.14 bits per heavy atom. The van der Waals surface area contributed by atoms with Crippen LogP contribution in [0.15, 0.2) is 16.6 Å². The Kier molecular flexibility index (Phi) is 6.30. The van der Waals surface area contributed by atoms with Crippen LogP contribution >= 0.6 is 28.1 Å². The summed E-state index contributed by atoms with van der Waals surface area (Å²) in [5.74, 6) is 1.51. The van der Waals surface area contributed by atoms with Gasteiger partial charge >= 0.3 is 0 Å². The fourth-order valence-corrected chi connectivity index (χ4v) is 3.38. The Hall–Kier alpha value is -0.810. The maximum absolute atomic E-state index is 5.72. The Morgan fingerprint density at radius 3 is 2.43 bits per heavy atom. The van der Waals surface area contributed by atoms with Crippen molar-refractivity contribution in [3.8, 4) is 11.5 Å². The average Bonchev–Trinajstić information content (AvgIpc) is 2.51. The maximum atomic E-state index is 5.72. The third-order valence-electron chi connectivity index (χ3n) is 3.49. The normalized spacial score (nSPS) is 14.9. The van der Waals surface area contributed by atoms with Crippen LogP contribution < -0.4 is 9.47 Å². The predicted octanol–water partition coefficient (Wildman–Crippen LogP) is 4.41. The first kappa shape index (κ1) is 16.6. The molecule has 1 aliphatic heterocycles. The van der Waals surface area contributed by atoms with E-state index in [0.29, 0.717) is 13.2 Å². The molecule has 1 aromatic carbocycles. The van der Waals surface area contributed by atoms with Crippen LogP contribution in [0.1, 0.15) is 38.7 Å². The number of hydrogen-bond acceptors (Lipinski definition) is 3. The summed E-state index contributed by atoms with van der Waals surface area (Å²) >= 11 is 9.24. The Morgan fingerprint density at radius 2 is 1.81 bits per heavy atom. The van der Waals surface area contributed by atoms with Crippen LogP contribution in [0.5, 0.6) is 11.5 Å². The summed E-state index contributed by atoms with van der Waals surface area (Å²) in [5.41, 5.74) is 1.02. The topological polar surface area (TPSA) is 21.7 Å². The van der Waals surface area contributed by atoms with E-state index in [1.807, 2.05) is 26.0 Å². The summed E-state index contributed by atoms with van der Waals surface area (Å²) in [6.07, 6.45) is 3.74. The Bertz CT molecular complexity index is 501. The molecule has 0 radical (unpaired) electrons. The summed E-state index contributed by atoms with van der Waals surface area (Å²) in [5, 5.41) is 0. The van der Waals surface area contributed by atoms with E-state index in [4.69, 9.17) is 21.7 Å². The summed E-state index contributed by atoms with van der Waals surface area (Å²) < 4.78 is 12.3. The van der Waals surface area contributed by atoms with E-state index in [-0.39, 0.29) is 0 Å². The number of halogens is 1. The molecule has 0 bridgehead atoms. The summed E-state index contributed by atoms with van der Waals surface area (Å²) in [6, 6.07) is 4.03. The summed E-state index contributed by atoms with van der Waals surface area (Å²) in [7, 11) is 0. The lowest BCUT2D eigenvalue weighted by Crippen LogP contribution is -2.34. The molecule has 1 aliphatic rings. The van der Waals surface area contributed by atoms with Gasteiger partial charge in [0.15, 0.2) is 11.5 Å². The van der Waals surface area contributed by atoms with Gasteiger partial charge in [-0.3, -0.25) is 0 Å². The number of likely N-dealkylation sites (tertiary alicyclic amines) is 1. The van der Waals surface area contributed by atoms with E-state index < -0.39 is 0 Å². The molecule has 3 nitrogen and oxygen atoms in total. The molecule has 0 aliphatic carbocycles. The molecule has 0 amide bonds. The van der Waals surface area contributed by atoms with Gasteiger partial charge < -0.3 is 14.4 Å². The molecule has 1 aromatic rings. The highest BCUT2D eigenvalue weighted by molar-refractivity contribution is 9.10. The second-order valence-electron chi connectivity index (χ2n) is 5.00. The maximum Gasteiger partial charge on any atom is 0.175 e. The lowest BCUT2D eigenvalue weighted by molar-refractivity contribution is 0.286. The van der Waals surface area contributed by atoms with Crippen molar-refractivity contribution in [2.75, 3.05) is 26.3 Å². The van der Waals surface area contributed by atoms with Gasteiger partial charge in [0.2, 0.25) is 0 Å². The molecule has 0 spiro atoms. The lowest BCUT2D eigenvalue weighted by atomic mass is 10.1. The van der Waals surface area contributed by atoms with Crippen LogP contribution in [0.25, 0.3) is 0 Å². The van der Waals surface area contributed by atoms with Gasteiger partial charge in [-0.15, -0.1) is 0 Å². The van der Waals surface area contributed by atoms with Crippen molar-refractivity contribution in [2.24, 2.45) is 0 Å². The standard InChI is InChI=1S/C16H22BrNO2S/c1-3-19-14-11-12(10-13(17)15(14)20-4-2)16(21)18-8-6-5-7-9-18/h10-11H,3-9H2,1-2H3. The van der Waals surface area contributed by atoms with Crippen LogP contribution in [0, 0.1) is 0 Å². The van der Waals surface area contributed by atoms with Crippen molar-refractivity contribution in [3.63, 3.8) is 0 Å². The van der Waals surface area contributed by atoms with Gasteiger partial charge in [0.25, 0.3) is 0 Å². The molecule has 1 heterocycles. The second kappa shape index (κ2) is 7.99. The molecule has 5 heteroatoms. The van der Waals surface area contributed by atoms with Crippen LogP contribution in [-0.4, -0.2) is 36.2 Å². The molecule has 0 unspecified atom stereocenters. The van der Waals surface area contributed by atoms with Gasteiger partial charge in [-0.05, 0) is 61.2 Å². The van der Waals surface area contributed by atoms with Gasteiger partial charge in [-0.25, -0.2) is 0 Å². The molecule has 1 saturated heterocycles. The number of piperidine rings is 1. The highest BCUT2D eigenvalue weighted by Gasteiger charge is 2.19. The number of thiocarbonyl (C=S) groups is 1. The molecule has 116 valence electrons. The molecule has 1 fully saturated rings. The third-order valence-corrected chi connectivity index (χ3v) is 4.57. The second-order valence-corrected chi connectivity index (χ2v) is 6.25. The third kappa shape index (κ3) is 4.10. The minimum atomic E-state index is 0.604. The highest BCUT2D eigenvalue weighted by Crippen LogP contribution is 2.37. The van der Waals surface area contributed by atoms with E-state index in [0.717, 1.165) is 39.6 Å². The van der Waals surface area contributed by atoms with Crippen molar-refractivity contribution in [2.45, 2.75) is 33.1 Å². The SMILES string of the molecule is CCOc1cc(C(=S)N2CCCCC2)cc(Br)c1OCC. The monoisotopic (exact) mass is 371 g/mol. The van der Waals surface area contributed by atoms with E-state index in [2.05, 4.69) is 20.8 Å². The Labute approximate surface area is 140 Å². The zero-order chi connectivity index (χ0) is 15.2. The first-order valence-corrected chi connectivity index (χ1v) is 8.75. The van der Waals surface area contributed by atoms with E-state index in [1.54, 1.807) is 0 Å². The highest BCUT2D eigenvalue weighted by atomic mass is 79.9. The van der Waals surface area contributed by atoms with E-state index in [1.165, 1.54) is 19.3 Å². The van der Waals surface area contributed by atoms with Crippen molar-refractivity contribution in [1.82, 2.24) is 4.90 Å². The first-order valence-electron chi connectivity index (χ1n) is 7.55. The number of nitrogens with zero attached hydrogens (tertiary/aromatic N) is 1. The minimum absolute atomic E-state index is 0.604. The largest absolute Gasteiger partial charge is 0.490 e. The fourth-order valence-electron chi connectivity index (χ4n) is 2.52. The van der Waals surface area contributed by atoms with Crippen molar-refractivity contribution >= 4 is 33.1 Å². The Balaban J connectivity index is 2.28. The zero-order valence-corrected chi connectivity index (χ0v) is 15.1. The quantitative estimate of drug-likeness (QED) is 0.714. The predicted molar refractivity (Wildman–Crippen MR) is 93.6 cm³/mol. The van der Waals surface area contributed by atoms with Crippen LogP contribution in [0.4, 0.5) is 0 Å². The van der Waals surface area contributed by atoms with Gasteiger partial charge in [-0.2, -0.15) is 0 Å². The summed E-state index contributed by atoms with van der Waals surface area (Å²) in [4.78, 5) is 3.19. The lowest BCUT2D eigenvalue weighted by Gasteiger charge is -2.29. The van der Waals surface area contributed by atoms with Crippen molar-refractivity contribution in [1.29, 1.82) is 0 Å². The molecule has 0 aromatic heterocycles. The van der Waals surface area contributed by atoms with Gasteiger partial charge in [0.1, 0.15) is 4.99 Å². The molecular formula is C16H22BrNO2S. The minimum Gasteiger partial charge on any atom is -0.490 e. The molecular weight excluding hydrogens is 350 g/mol. The first-order chi connectivity index (χ1) is 10.2. The number of rotatable bonds is 5. The van der Waals surface area contributed by atoms with Gasteiger partial charge in [0.05, 0.1) is 17.7 Å². The molecule has 0 N–H and O–H groups in total. The van der Waals surface area contributed by atoms with Crippen molar-refractivity contribution in [3.05, 3.63) is 22.2 Å². The fraction of sp³-hybridized carbons (Fsp3) is 0.562. The number of benzene rings is 1. The van der Waals surface area contributed by atoms with E-state index >= 15 is 0 Å². The number of ether oxygens (including phenoxy) is 2. The summed E-state index contributed by atoms with van der Waals surface area (Å²) in [6.45, 7) is 7.25. The van der Waals surface area contributed by atoms with Gasteiger partial charge in [-0.1, -0.05) is 12.2 Å². The zero-order valence-electron chi connectivity index (χ0n) is 12.7. The molecule has 2 rings (SSSR count). The number of hydrogen-bond donors (Lipinski definition) is 0. The van der Waals surface area contributed by atoms with Crippen LogP contribution in [0.3, 0.4) is 0 Å².